The lowest BCUT2D eigenvalue weighted by Gasteiger charge is -2.12. The highest BCUT2D eigenvalue weighted by molar-refractivity contribution is 5.94. The van der Waals surface area contributed by atoms with Crippen molar-refractivity contribution in [3.05, 3.63) is 48.5 Å². The summed E-state index contributed by atoms with van der Waals surface area (Å²) >= 11 is 0. The van der Waals surface area contributed by atoms with E-state index in [4.69, 9.17) is 0 Å². The Morgan fingerprint density at radius 1 is 1.29 bits per heavy atom. The molecule has 8 heteroatoms. The molecule has 2 rings (SSSR count). The molecule has 1 heterocycles. The number of anilines is 1. The number of hydrogen-bond donors (Lipinski definition) is 3. The summed E-state index contributed by atoms with van der Waals surface area (Å²) in [6.07, 6.45) is 4.53. The van der Waals surface area contributed by atoms with Gasteiger partial charge in [-0.25, -0.2) is 4.39 Å². The molecule has 0 bridgehead atoms. The maximum absolute atomic E-state index is 12.8. The lowest BCUT2D eigenvalue weighted by atomic mass is 10.3. The number of halogens is 1. The Morgan fingerprint density at radius 2 is 2.08 bits per heavy atom. The molecule has 0 spiro atoms. The van der Waals surface area contributed by atoms with Gasteiger partial charge in [-0.15, -0.1) is 0 Å². The van der Waals surface area contributed by atoms with Gasteiger partial charge in [0.25, 0.3) is 0 Å². The van der Waals surface area contributed by atoms with E-state index in [9.17, 15) is 9.18 Å². The first kappa shape index (κ1) is 17.5. The lowest BCUT2D eigenvalue weighted by molar-refractivity contribution is -0.115. The molecule has 128 valence electrons. The third-order valence-corrected chi connectivity index (χ3v) is 3.18. The average molecular weight is 332 g/mol. The maximum Gasteiger partial charge on any atom is 0.243 e. The van der Waals surface area contributed by atoms with Crippen LogP contribution in [0.4, 0.5) is 10.1 Å². The van der Waals surface area contributed by atoms with Crippen LogP contribution in [0.2, 0.25) is 0 Å². The number of benzene rings is 1. The van der Waals surface area contributed by atoms with Gasteiger partial charge in [0.2, 0.25) is 5.91 Å². The van der Waals surface area contributed by atoms with E-state index in [1.807, 2.05) is 16.9 Å². The fraction of sp³-hybridized carbons (Fsp3) is 0.312. The van der Waals surface area contributed by atoms with Crippen LogP contribution in [0.3, 0.4) is 0 Å². The Kier molecular flexibility index (Phi) is 6.75. The number of carbonyl (C=O) groups excluding carboxylic acids is 1. The van der Waals surface area contributed by atoms with E-state index in [-0.39, 0.29) is 18.3 Å². The highest BCUT2D eigenvalue weighted by atomic mass is 19.1. The quantitative estimate of drug-likeness (QED) is 0.404. The van der Waals surface area contributed by atoms with Crippen LogP contribution in [0.25, 0.3) is 0 Å². The maximum atomic E-state index is 12.8. The molecule has 2 aromatic rings. The van der Waals surface area contributed by atoms with Crippen LogP contribution in [-0.2, 0) is 11.3 Å². The van der Waals surface area contributed by atoms with Crippen LogP contribution in [0.15, 0.2) is 47.7 Å². The van der Waals surface area contributed by atoms with Crippen molar-refractivity contribution >= 4 is 17.6 Å². The van der Waals surface area contributed by atoms with Crippen LogP contribution in [-0.4, -0.2) is 41.8 Å². The van der Waals surface area contributed by atoms with Crippen LogP contribution in [0.1, 0.15) is 6.42 Å². The van der Waals surface area contributed by atoms with Gasteiger partial charge in [0.15, 0.2) is 5.96 Å². The molecule has 0 saturated heterocycles. The highest BCUT2D eigenvalue weighted by Gasteiger charge is 2.04. The number of aryl methyl sites for hydroxylation is 1. The molecule has 0 fully saturated rings. The van der Waals surface area contributed by atoms with E-state index in [1.54, 1.807) is 13.2 Å². The first-order valence-corrected chi connectivity index (χ1v) is 7.65. The van der Waals surface area contributed by atoms with Crippen LogP contribution >= 0.6 is 0 Å². The zero-order valence-electron chi connectivity index (χ0n) is 13.5. The van der Waals surface area contributed by atoms with Crippen molar-refractivity contribution in [3.8, 4) is 0 Å². The molecular weight excluding hydrogens is 311 g/mol. The Hall–Kier alpha value is -2.90. The van der Waals surface area contributed by atoms with E-state index in [1.165, 1.54) is 24.3 Å². The summed E-state index contributed by atoms with van der Waals surface area (Å²) in [6.45, 7) is 1.58. The van der Waals surface area contributed by atoms with Gasteiger partial charge < -0.3 is 16.0 Å². The second kappa shape index (κ2) is 9.29. The molecule has 0 atom stereocenters. The number of nitrogens with one attached hydrogen (secondary N) is 3. The first-order chi connectivity index (χ1) is 11.7. The zero-order valence-corrected chi connectivity index (χ0v) is 13.5. The van der Waals surface area contributed by atoms with Crippen molar-refractivity contribution in [2.24, 2.45) is 4.99 Å². The second-order valence-corrected chi connectivity index (χ2v) is 5.03. The predicted octanol–water partition coefficient (Wildman–Crippen LogP) is 1.22. The molecular formula is C16H21FN6O. The highest BCUT2D eigenvalue weighted by Crippen LogP contribution is 2.07. The number of rotatable bonds is 7. The predicted molar refractivity (Wildman–Crippen MR) is 91.2 cm³/mol. The fourth-order valence-electron chi connectivity index (χ4n) is 2.00. The number of aliphatic imine (C=N–C) groups is 1. The van der Waals surface area contributed by atoms with Gasteiger partial charge in [0, 0.05) is 38.2 Å². The van der Waals surface area contributed by atoms with Gasteiger partial charge in [0.1, 0.15) is 5.82 Å². The van der Waals surface area contributed by atoms with Gasteiger partial charge in [-0.3, -0.25) is 14.5 Å². The molecule has 0 aliphatic carbocycles. The smallest absolute Gasteiger partial charge is 0.243 e. The minimum Gasteiger partial charge on any atom is -0.356 e. The molecule has 0 unspecified atom stereocenters. The zero-order chi connectivity index (χ0) is 17.2. The number of carbonyl (C=O) groups is 1. The SMILES string of the molecule is CN=C(NCCCn1cccn1)NCC(=O)Nc1ccc(F)cc1. The third kappa shape index (κ3) is 6.07. The molecule has 1 aromatic carbocycles. The summed E-state index contributed by atoms with van der Waals surface area (Å²) in [4.78, 5) is 15.9. The minimum atomic E-state index is -0.342. The van der Waals surface area contributed by atoms with E-state index in [0.29, 0.717) is 18.2 Å². The molecule has 0 radical (unpaired) electrons. The summed E-state index contributed by atoms with van der Waals surface area (Å²) in [6, 6.07) is 7.49. The second-order valence-electron chi connectivity index (χ2n) is 5.03. The van der Waals surface area contributed by atoms with E-state index < -0.39 is 0 Å². The summed E-state index contributed by atoms with van der Waals surface area (Å²) in [5.41, 5.74) is 0.547. The van der Waals surface area contributed by atoms with Gasteiger partial charge in [-0.2, -0.15) is 5.10 Å². The molecule has 3 N–H and O–H groups in total. The number of aromatic nitrogens is 2. The van der Waals surface area contributed by atoms with Crippen molar-refractivity contribution in [2.75, 3.05) is 25.5 Å². The van der Waals surface area contributed by atoms with Gasteiger partial charge in [0.05, 0.1) is 6.54 Å². The van der Waals surface area contributed by atoms with Crippen molar-refractivity contribution in [1.82, 2.24) is 20.4 Å². The van der Waals surface area contributed by atoms with Crippen molar-refractivity contribution in [2.45, 2.75) is 13.0 Å². The summed E-state index contributed by atoms with van der Waals surface area (Å²) < 4.78 is 14.7. The van der Waals surface area contributed by atoms with Crippen molar-refractivity contribution in [3.63, 3.8) is 0 Å². The molecule has 1 amide bonds. The topological polar surface area (TPSA) is 83.3 Å². The molecule has 7 nitrogen and oxygen atoms in total. The Bertz CT molecular complexity index is 654. The first-order valence-electron chi connectivity index (χ1n) is 7.65. The third-order valence-electron chi connectivity index (χ3n) is 3.18. The van der Waals surface area contributed by atoms with E-state index in [2.05, 4.69) is 26.0 Å². The summed E-state index contributed by atoms with van der Waals surface area (Å²) in [7, 11) is 1.64. The summed E-state index contributed by atoms with van der Waals surface area (Å²) in [5, 5.41) is 12.8. The minimum absolute atomic E-state index is 0.0657. The Morgan fingerprint density at radius 3 is 2.75 bits per heavy atom. The fourth-order valence-corrected chi connectivity index (χ4v) is 2.00. The van der Waals surface area contributed by atoms with E-state index >= 15 is 0 Å². The largest absolute Gasteiger partial charge is 0.356 e. The average Bonchev–Trinajstić information content (AvgIpc) is 3.10. The Balaban J connectivity index is 1.65. The molecule has 1 aromatic heterocycles. The monoisotopic (exact) mass is 332 g/mol. The normalized spacial score (nSPS) is 11.2. The van der Waals surface area contributed by atoms with Crippen molar-refractivity contribution in [1.29, 1.82) is 0 Å². The number of nitrogens with zero attached hydrogens (tertiary/aromatic N) is 3. The molecule has 0 saturated carbocycles. The van der Waals surface area contributed by atoms with Gasteiger partial charge in [-0.1, -0.05) is 0 Å². The van der Waals surface area contributed by atoms with Gasteiger partial charge in [-0.05, 0) is 36.8 Å². The number of amides is 1. The molecule has 0 aliphatic rings. The van der Waals surface area contributed by atoms with Gasteiger partial charge >= 0.3 is 0 Å². The van der Waals surface area contributed by atoms with Crippen LogP contribution in [0.5, 0.6) is 0 Å². The van der Waals surface area contributed by atoms with Crippen molar-refractivity contribution < 1.29 is 9.18 Å². The van der Waals surface area contributed by atoms with Crippen LogP contribution in [0, 0.1) is 5.82 Å². The molecule has 0 aliphatic heterocycles. The standard InChI is InChI=1S/C16H21FN6O/c1-18-16(19-8-2-10-23-11-3-9-21-23)20-12-15(24)22-14-6-4-13(17)5-7-14/h3-7,9,11H,2,8,10,12H2,1H3,(H,22,24)(H2,18,19,20). The van der Waals surface area contributed by atoms with Crippen LogP contribution < -0.4 is 16.0 Å². The molecule has 24 heavy (non-hydrogen) atoms. The number of hydrogen-bond acceptors (Lipinski definition) is 3. The Labute approximate surface area is 140 Å². The summed E-state index contributed by atoms with van der Waals surface area (Å²) in [5.74, 6) is -0.0309. The van der Waals surface area contributed by atoms with E-state index in [0.717, 1.165) is 13.0 Å². The number of guanidine groups is 1. The lowest BCUT2D eigenvalue weighted by Crippen LogP contribution is -2.41.